The van der Waals surface area contributed by atoms with Crippen molar-refractivity contribution in [3.63, 3.8) is 0 Å². The van der Waals surface area contributed by atoms with Crippen molar-refractivity contribution in [2.45, 2.75) is 46.0 Å². The van der Waals surface area contributed by atoms with E-state index in [4.69, 9.17) is 0 Å². The average molecular weight is 218 g/mol. The van der Waals surface area contributed by atoms with E-state index in [0.717, 1.165) is 18.8 Å². The summed E-state index contributed by atoms with van der Waals surface area (Å²) in [6.07, 6.45) is 11.4. The van der Waals surface area contributed by atoms with Crippen molar-refractivity contribution < 1.29 is 4.79 Å². The van der Waals surface area contributed by atoms with Crippen molar-refractivity contribution in [3.05, 3.63) is 36.0 Å². The van der Waals surface area contributed by atoms with Gasteiger partial charge in [-0.05, 0) is 51.5 Å². The Morgan fingerprint density at radius 1 is 1.44 bits per heavy atom. The highest BCUT2D eigenvalue weighted by molar-refractivity contribution is 5.91. The fourth-order valence-electron chi connectivity index (χ4n) is 1.94. The smallest absolute Gasteiger partial charge is 0.155 e. The number of ketones is 1. The van der Waals surface area contributed by atoms with Crippen molar-refractivity contribution in [1.29, 1.82) is 0 Å². The normalized spacial score (nSPS) is 23.5. The lowest BCUT2D eigenvalue weighted by molar-refractivity contribution is -0.114. The van der Waals surface area contributed by atoms with Crippen LogP contribution in [0.15, 0.2) is 36.0 Å². The first-order chi connectivity index (χ1) is 7.59. The van der Waals surface area contributed by atoms with E-state index in [9.17, 15) is 4.79 Å². The van der Waals surface area contributed by atoms with Crippen LogP contribution < -0.4 is 0 Å². The first-order valence-electron chi connectivity index (χ1n) is 6.10. The Balaban J connectivity index is 0.000000181. The molecular weight excluding hydrogens is 196 g/mol. The zero-order valence-corrected chi connectivity index (χ0v) is 10.5. The molecule has 0 amide bonds. The number of hydrogen-bond donors (Lipinski definition) is 0. The van der Waals surface area contributed by atoms with Crippen LogP contribution in [0.25, 0.3) is 0 Å². The standard InChI is InChI=1S/C10H16.C5H6O/c1-8(2)10-6-4-9(3)5-7-10;6-5-3-1-2-4-5/h4,10H,1,5-7H2,2-3H3;1,3H,2,4H2/t10-;/m0./s1. The van der Waals surface area contributed by atoms with Gasteiger partial charge in [0, 0.05) is 6.42 Å². The number of carbonyl (C=O) groups is 1. The highest BCUT2D eigenvalue weighted by Crippen LogP contribution is 2.27. The first-order valence-corrected chi connectivity index (χ1v) is 6.10. The van der Waals surface area contributed by atoms with Gasteiger partial charge >= 0.3 is 0 Å². The molecular formula is C15H22O. The highest BCUT2D eigenvalue weighted by Gasteiger charge is 2.11. The van der Waals surface area contributed by atoms with Crippen LogP contribution in [-0.2, 0) is 4.79 Å². The van der Waals surface area contributed by atoms with E-state index >= 15 is 0 Å². The molecule has 0 radical (unpaired) electrons. The maximum absolute atomic E-state index is 10.2. The highest BCUT2D eigenvalue weighted by atomic mass is 16.1. The number of carbonyl (C=O) groups excluding carboxylic acids is 1. The summed E-state index contributed by atoms with van der Waals surface area (Å²) in [7, 11) is 0. The topological polar surface area (TPSA) is 17.1 Å². The van der Waals surface area contributed by atoms with Crippen molar-refractivity contribution in [1.82, 2.24) is 0 Å². The van der Waals surface area contributed by atoms with Crippen LogP contribution in [0.3, 0.4) is 0 Å². The second kappa shape index (κ2) is 6.47. The molecule has 2 aliphatic carbocycles. The molecule has 2 aliphatic rings. The van der Waals surface area contributed by atoms with E-state index in [1.807, 2.05) is 6.08 Å². The molecule has 0 N–H and O–H groups in total. The Bertz CT molecular complexity index is 320. The third-order valence-corrected chi connectivity index (χ3v) is 3.20. The third kappa shape index (κ3) is 4.61. The quantitative estimate of drug-likeness (QED) is 0.602. The number of allylic oxidation sites excluding steroid dienone is 5. The summed E-state index contributed by atoms with van der Waals surface area (Å²) in [5.74, 6) is 1.04. The lowest BCUT2D eigenvalue weighted by atomic mass is 9.86. The van der Waals surface area contributed by atoms with Crippen LogP contribution in [-0.4, -0.2) is 5.78 Å². The summed E-state index contributed by atoms with van der Waals surface area (Å²) in [5, 5.41) is 0. The Hall–Kier alpha value is -1.11. The van der Waals surface area contributed by atoms with Crippen molar-refractivity contribution in [2.75, 3.05) is 0 Å². The number of hydrogen-bond acceptors (Lipinski definition) is 1. The molecule has 0 aromatic heterocycles. The summed E-state index contributed by atoms with van der Waals surface area (Å²) in [4.78, 5) is 10.2. The zero-order chi connectivity index (χ0) is 12.0. The van der Waals surface area contributed by atoms with E-state index < -0.39 is 0 Å². The maximum Gasteiger partial charge on any atom is 0.155 e. The first kappa shape index (κ1) is 13.0. The van der Waals surface area contributed by atoms with Crippen LogP contribution in [0.1, 0.15) is 46.0 Å². The molecule has 0 saturated heterocycles. The van der Waals surface area contributed by atoms with Crippen LogP contribution in [0.2, 0.25) is 0 Å². The molecule has 0 aromatic carbocycles. The van der Waals surface area contributed by atoms with Gasteiger partial charge in [-0.15, -0.1) is 0 Å². The van der Waals surface area contributed by atoms with Gasteiger partial charge in [-0.25, -0.2) is 0 Å². The molecule has 0 unspecified atom stereocenters. The molecule has 2 rings (SSSR count). The fraction of sp³-hybridized carbons (Fsp3) is 0.533. The van der Waals surface area contributed by atoms with E-state index in [1.54, 1.807) is 11.6 Å². The largest absolute Gasteiger partial charge is 0.295 e. The second-order valence-electron chi connectivity index (χ2n) is 4.78. The summed E-state index contributed by atoms with van der Waals surface area (Å²) < 4.78 is 0. The molecule has 16 heavy (non-hydrogen) atoms. The third-order valence-electron chi connectivity index (χ3n) is 3.20. The van der Waals surface area contributed by atoms with Gasteiger partial charge in [-0.1, -0.05) is 29.9 Å². The van der Waals surface area contributed by atoms with Gasteiger partial charge in [0.25, 0.3) is 0 Å². The van der Waals surface area contributed by atoms with Crippen LogP contribution in [0, 0.1) is 5.92 Å². The monoisotopic (exact) mass is 218 g/mol. The minimum atomic E-state index is 0.273. The molecule has 88 valence electrons. The van der Waals surface area contributed by atoms with Gasteiger partial charge in [-0.3, -0.25) is 4.79 Å². The van der Waals surface area contributed by atoms with Gasteiger partial charge in [0.05, 0.1) is 0 Å². The van der Waals surface area contributed by atoms with E-state index in [1.165, 1.54) is 24.8 Å². The molecule has 0 saturated carbocycles. The fourth-order valence-corrected chi connectivity index (χ4v) is 1.94. The molecule has 0 bridgehead atoms. The minimum absolute atomic E-state index is 0.273. The molecule has 0 fully saturated rings. The van der Waals surface area contributed by atoms with Crippen LogP contribution >= 0.6 is 0 Å². The average Bonchev–Trinajstić information content (AvgIpc) is 2.71. The second-order valence-corrected chi connectivity index (χ2v) is 4.78. The Morgan fingerprint density at radius 3 is 2.50 bits per heavy atom. The molecule has 1 nitrogen and oxygen atoms in total. The van der Waals surface area contributed by atoms with Gasteiger partial charge in [0.15, 0.2) is 5.78 Å². The molecule has 0 heterocycles. The predicted octanol–water partition coefficient (Wildman–Crippen LogP) is 4.21. The molecule has 0 spiro atoms. The Labute approximate surface area is 98.9 Å². The molecule has 1 heteroatoms. The lowest BCUT2D eigenvalue weighted by Gasteiger charge is -2.19. The molecule has 0 aliphatic heterocycles. The van der Waals surface area contributed by atoms with Gasteiger partial charge in [0.2, 0.25) is 0 Å². The summed E-state index contributed by atoms with van der Waals surface area (Å²) in [6, 6.07) is 0. The SMILES string of the molecule is C=C(C)[C@H]1CC=C(C)CC1.O=C1C=CCC1. The van der Waals surface area contributed by atoms with Crippen LogP contribution in [0.5, 0.6) is 0 Å². The minimum Gasteiger partial charge on any atom is -0.295 e. The van der Waals surface area contributed by atoms with E-state index in [2.05, 4.69) is 26.5 Å². The Morgan fingerprint density at radius 2 is 2.19 bits per heavy atom. The summed E-state index contributed by atoms with van der Waals surface area (Å²) in [6.45, 7) is 8.33. The van der Waals surface area contributed by atoms with Gasteiger partial charge < -0.3 is 0 Å². The van der Waals surface area contributed by atoms with Gasteiger partial charge in [-0.2, -0.15) is 0 Å². The van der Waals surface area contributed by atoms with Crippen molar-refractivity contribution in [2.24, 2.45) is 5.92 Å². The Kier molecular flexibility index (Phi) is 5.24. The van der Waals surface area contributed by atoms with Crippen molar-refractivity contribution in [3.8, 4) is 0 Å². The summed E-state index contributed by atoms with van der Waals surface area (Å²) in [5.41, 5.74) is 2.90. The molecule has 0 aromatic rings. The molecule has 1 atom stereocenters. The summed E-state index contributed by atoms with van der Waals surface area (Å²) >= 11 is 0. The van der Waals surface area contributed by atoms with E-state index in [-0.39, 0.29) is 5.78 Å². The van der Waals surface area contributed by atoms with Crippen molar-refractivity contribution >= 4 is 5.78 Å². The van der Waals surface area contributed by atoms with Gasteiger partial charge in [0.1, 0.15) is 0 Å². The predicted molar refractivity (Wildman–Crippen MR) is 69.3 cm³/mol. The van der Waals surface area contributed by atoms with Crippen LogP contribution in [0.4, 0.5) is 0 Å². The lowest BCUT2D eigenvalue weighted by Crippen LogP contribution is -2.04. The zero-order valence-electron chi connectivity index (χ0n) is 10.5. The number of rotatable bonds is 1. The maximum atomic E-state index is 10.2. The van der Waals surface area contributed by atoms with E-state index in [0.29, 0.717) is 0 Å².